The highest BCUT2D eigenvalue weighted by Crippen LogP contribution is 2.13. The van der Waals surface area contributed by atoms with E-state index in [9.17, 15) is 5.11 Å². The van der Waals surface area contributed by atoms with Crippen molar-refractivity contribution in [2.24, 2.45) is 0 Å². The zero-order valence-corrected chi connectivity index (χ0v) is 9.73. The van der Waals surface area contributed by atoms with Gasteiger partial charge in [-0.05, 0) is 31.4 Å². The summed E-state index contributed by atoms with van der Waals surface area (Å²) in [5.41, 5.74) is 2.10. The van der Waals surface area contributed by atoms with E-state index in [1.807, 2.05) is 24.3 Å². The first-order valence-corrected chi connectivity index (χ1v) is 5.52. The molecule has 1 N–H and O–H groups in total. The average molecular weight is 208 g/mol. The molecule has 0 fully saturated rings. The molecule has 0 aliphatic rings. The Labute approximate surface area is 91.9 Å². The third-order valence-electron chi connectivity index (χ3n) is 2.57. The number of ether oxygens (including phenoxy) is 1. The molecule has 0 heterocycles. The van der Waals surface area contributed by atoms with Gasteiger partial charge in [0.25, 0.3) is 0 Å². The summed E-state index contributed by atoms with van der Waals surface area (Å²) in [5.74, 6) is 0. The van der Waals surface area contributed by atoms with Crippen molar-refractivity contribution in [3.05, 3.63) is 35.4 Å². The van der Waals surface area contributed by atoms with Gasteiger partial charge in [0.15, 0.2) is 0 Å². The van der Waals surface area contributed by atoms with E-state index in [-0.39, 0.29) is 0 Å². The average Bonchev–Trinajstić information content (AvgIpc) is 2.26. The summed E-state index contributed by atoms with van der Waals surface area (Å²) < 4.78 is 5.62. The Kier molecular flexibility index (Phi) is 4.79. The fourth-order valence-corrected chi connectivity index (χ4v) is 1.25. The van der Waals surface area contributed by atoms with Crippen molar-refractivity contribution in [2.45, 2.75) is 46.0 Å². The maximum Gasteiger partial charge on any atom is 0.0761 e. The maximum atomic E-state index is 9.34. The molecule has 15 heavy (non-hydrogen) atoms. The third kappa shape index (κ3) is 4.02. The van der Waals surface area contributed by atoms with E-state index < -0.39 is 6.10 Å². The third-order valence-corrected chi connectivity index (χ3v) is 2.57. The Morgan fingerprint density at radius 2 is 1.80 bits per heavy atom. The van der Waals surface area contributed by atoms with Crippen LogP contribution in [-0.2, 0) is 11.3 Å². The monoisotopic (exact) mass is 208 g/mol. The van der Waals surface area contributed by atoms with Gasteiger partial charge in [0.2, 0.25) is 0 Å². The van der Waals surface area contributed by atoms with E-state index in [1.54, 1.807) is 6.92 Å². The molecule has 84 valence electrons. The van der Waals surface area contributed by atoms with Gasteiger partial charge in [0.05, 0.1) is 18.8 Å². The zero-order chi connectivity index (χ0) is 11.3. The summed E-state index contributed by atoms with van der Waals surface area (Å²) in [6, 6.07) is 7.90. The van der Waals surface area contributed by atoms with Crippen LogP contribution >= 0.6 is 0 Å². The molecule has 1 aromatic carbocycles. The van der Waals surface area contributed by atoms with Crippen molar-refractivity contribution in [1.29, 1.82) is 0 Å². The Bertz CT molecular complexity index is 277. The molecule has 0 amide bonds. The smallest absolute Gasteiger partial charge is 0.0761 e. The van der Waals surface area contributed by atoms with Crippen molar-refractivity contribution < 1.29 is 9.84 Å². The van der Waals surface area contributed by atoms with Crippen molar-refractivity contribution in [2.75, 3.05) is 0 Å². The van der Waals surface area contributed by atoms with Crippen molar-refractivity contribution in [1.82, 2.24) is 0 Å². The minimum absolute atomic E-state index is 0.307. The molecule has 2 atom stereocenters. The van der Waals surface area contributed by atoms with Crippen LogP contribution in [0.3, 0.4) is 0 Å². The Balaban J connectivity index is 2.50. The van der Waals surface area contributed by atoms with Crippen LogP contribution in [0.1, 0.15) is 44.4 Å². The van der Waals surface area contributed by atoms with E-state index in [1.165, 1.54) is 0 Å². The van der Waals surface area contributed by atoms with Crippen LogP contribution < -0.4 is 0 Å². The first kappa shape index (κ1) is 12.2. The SMILES string of the molecule is CCC(C)OCc1ccc(C(C)O)cc1. The standard InChI is InChI=1S/C13H20O2/c1-4-10(2)15-9-12-5-7-13(8-6-12)11(3)14/h5-8,10-11,14H,4,9H2,1-3H3. The Hall–Kier alpha value is -0.860. The molecule has 0 aromatic heterocycles. The van der Waals surface area contributed by atoms with E-state index in [0.717, 1.165) is 17.5 Å². The van der Waals surface area contributed by atoms with Crippen LogP contribution in [0, 0.1) is 0 Å². The number of hydrogen-bond donors (Lipinski definition) is 1. The van der Waals surface area contributed by atoms with Crippen LogP contribution in [0.25, 0.3) is 0 Å². The highest BCUT2D eigenvalue weighted by atomic mass is 16.5. The molecule has 2 nitrogen and oxygen atoms in total. The lowest BCUT2D eigenvalue weighted by atomic mass is 10.1. The van der Waals surface area contributed by atoms with Crippen molar-refractivity contribution in [3.63, 3.8) is 0 Å². The molecule has 0 saturated heterocycles. The summed E-state index contributed by atoms with van der Waals surface area (Å²) in [6.07, 6.45) is 0.946. The fraction of sp³-hybridized carbons (Fsp3) is 0.538. The van der Waals surface area contributed by atoms with Crippen LogP contribution in [-0.4, -0.2) is 11.2 Å². The van der Waals surface area contributed by atoms with Gasteiger partial charge in [-0.2, -0.15) is 0 Å². The highest BCUT2D eigenvalue weighted by molar-refractivity contribution is 5.23. The lowest BCUT2D eigenvalue weighted by Gasteiger charge is -2.11. The van der Waals surface area contributed by atoms with Gasteiger partial charge in [-0.25, -0.2) is 0 Å². The number of hydrogen-bond acceptors (Lipinski definition) is 2. The van der Waals surface area contributed by atoms with Gasteiger partial charge in [-0.15, -0.1) is 0 Å². The zero-order valence-electron chi connectivity index (χ0n) is 9.73. The predicted octanol–water partition coefficient (Wildman–Crippen LogP) is 3.06. The molecular weight excluding hydrogens is 188 g/mol. The van der Waals surface area contributed by atoms with Crippen molar-refractivity contribution >= 4 is 0 Å². The van der Waals surface area contributed by atoms with Crippen LogP contribution in [0.2, 0.25) is 0 Å². The largest absolute Gasteiger partial charge is 0.389 e. The maximum absolute atomic E-state index is 9.34. The first-order valence-electron chi connectivity index (χ1n) is 5.52. The Morgan fingerprint density at radius 1 is 1.20 bits per heavy atom. The van der Waals surface area contributed by atoms with Gasteiger partial charge in [0, 0.05) is 0 Å². The van der Waals surface area contributed by atoms with Crippen LogP contribution in [0.5, 0.6) is 0 Å². The summed E-state index contributed by atoms with van der Waals surface area (Å²) in [4.78, 5) is 0. The quantitative estimate of drug-likeness (QED) is 0.805. The number of aliphatic hydroxyl groups excluding tert-OH is 1. The molecule has 0 radical (unpaired) electrons. The predicted molar refractivity (Wildman–Crippen MR) is 61.6 cm³/mol. The number of aliphatic hydroxyl groups is 1. The van der Waals surface area contributed by atoms with Gasteiger partial charge < -0.3 is 9.84 Å². The highest BCUT2D eigenvalue weighted by Gasteiger charge is 2.02. The molecule has 2 unspecified atom stereocenters. The molecule has 0 aliphatic carbocycles. The number of benzene rings is 1. The summed E-state index contributed by atoms with van der Waals surface area (Å²) in [5, 5.41) is 9.34. The van der Waals surface area contributed by atoms with Crippen LogP contribution in [0.15, 0.2) is 24.3 Å². The molecule has 1 rings (SSSR count). The second-order valence-electron chi connectivity index (χ2n) is 3.95. The fourth-order valence-electron chi connectivity index (χ4n) is 1.25. The molecular formula is C13H20O2. The van der Waals surface area contributed by atoms with E-state index in [4.69, 9.17) is 4.74 Å². The molecule has 1 aromatic rings. The summed E-state index contributed by atoms with van der Waals surface area (Å²) in [6.45, 7) is 6.60. The lowest BCUT2D eigenvalue weighted by molar-refractivity contribution is 0.0508. The van der Waals surface area contributed by atoms with Crippen LogP contribution in [0.4, 0.5) is 0 Å². The van der Waals surface area contributed by atoms with E-state index >= 15 is 0 Å². The topological polar surface area (TPSA) is 29.5 Å². The second kappa shape index (κ2) is 5.89. The second-order valence-corrected chi connectivity index (χ2v) is 3.95. The van der Waals surface area contributed by atoms with Gasteiger partial charge in [-0.3, -0.25) is 0 Å². The molecule has 2 heteroatoms. The summed E-state index contributed by atoms with van der Waals surface area (Å²) in [7, 11) is 0. The lowest BCUT2D eigenvalue weighted by Crippen LogP contribution is -2.06. The molecule has 0 aliphatic heterocycles. The van der Waals surface area contributed by atoms with E-state index in [0.29, 0.717) is 12.7 Å². The van der Waals surface area contributed by atoms with E-state index in [2.05, 4.69) is 13.8 Å². The minimum Gasteiger partial charge on any atom is -0.389 e. The molecule has 0 saturated carbocycles. The normalized spacial score (nSPS) is 14.9. The van der Waals surface area contributed by atoms with Gasteiger partial charge in [-0.1, -0.05) is 31.2 Å². The van der Waals surface area contributed by atoms with Crippen molar-refractivity contribution in [3.8, 4) is 0 Å². The number of rotatable bonds is 5. The Morgan fingerprint density at radius 3 is 2.27 bits per heavy atom. The first-order chi connectivity index (χ1) is 7.13. The minimum atomic E-state index is -0.394. The molecule has 0 spiro atoms. The van der Waals surface area contributed by atoms with Gasteiger partial charge in [0.1, 0.15) is 0 Å². The summed E-state index contributed by atoms with van der Waals surface area (Å²) >= 11 is 0. The molecule has 0 bridgehead atoms. The van der Waals surface area contributed by atoms with Gasteiger partial charge >= 0.3 is 0 Å².